The fourth-order valence-corrected chi connectivity index (χ4v) is 1.35. The Balaban J connectivity index is 4.49. The Morgan fingerprint density at radius 3 is 1.32 bits per heavy atom. The van der Waals surface area contributed by atoms with E-state index in [9.17, 15) is 24.0 Å². The Bertz CT molecular complexity index is 522. The van der Waals surface area contributed by atoms with Crippen LogP contribution in [-0.4, -0.2) is 60.1 Å². The van der Waals surface area contributed by atoms with Crippen LogP contribution in [-0.2, 0) is 24.0 Å². The number of carbonyl (C=O) groups excluding carboxylic acids is 5. The van der Waals surface area contributed by atoms with Gasteiger partial charge < -0.3 is 59.5 Å². The predicted molar refractivity (Wildman–Crippen MR) is 87.2 cm³/mol. The summed E-state index contributed by atoms with van der Waals surface area (Å²) in [7, 11) is 0. The van der Waals surface area contributed by atoms with Crippen LogP contribution in [0.15, 0.2) is 0 Å². The van der Waals surface area contributed by atoms with E-state index in [1.54, 1.807) is 0 Å². The summed E-state index contributed by atoms with van der Waals surface area (Å²) in [6, 6.07) is -5.50. The molecule has 0 aliphatic rings. The SMILES string of the molecule is [CH2-][C@H]([NH3+])C(=O)N[C@@H]([CH2-])C(=O)N[C@@H]([CH2-])C(=O)N[C@@H]([CH2-])C(=O)N[C@@H]([CH2-])C=O. The van der Waals surface area contributed by atoms with E-state index in [1.807, 2.05) is 0 Å². The van der Waals surface area contributed by atoms with Crippen LogP contribution < -0.4 is 27.0 Å². The van der Waals surface area contributed by atoms with E-state index in [-0.39, 0.29) is 0 Å². The zero-order valence-corrected chi connectivity index (χ0v) is 13.7. The highest BCUT2D eigenvalue weighted by molar-refractivity contribution is 5.95. The second-order valence-corrected chi connectivity index (χ2v) is 5.13. The minimum atomic E-state index is -1.28. The van der Waals surface area contributed by atoms with Gasteiger partial charge in [0.15, 0.2) is 0 Å². The van der Waals surface area contributed by atoms with Crippen molar-refractivity contribution in [1.29, 1.82) is 0 Å². The number of amides is 4. The van der Waals surface area contributed by atoms with Crippen molar-refractivity contribution in [2.24, 2.45) is 0 Å². The van der Waals surface area contributed by atoms with Gasteiger partial charge in [0.1, 0.15) is 6.29 Å². The molecule has 142 valence electrons. The van der Waals surface area contributed by atoms with E-state index in [0.29, 0.717) is 6.29 Å². The van der Waals surface area contributed by atoms with Crippen LogP contribution in [0.5, 0.6) is 0 Å². The van der Waals surface area contributed by atoms with E-state index in [1.165, 1.54) is 0 Å². The number of hydrogen-bond acceptors (Lipinski definition) is 5. The summed E-state index contributed by atoms with van der Waals surface area (Å²) < 4.78 is 0. The van der Waals surface area contributed by atoms with Gasteiger partial charge in [0.2, 0.25) is 23.6 Å². The van der Waals surface area contributed by atoms with Crippen molar-refractivity contribution in [3.8, 4) is 0 Å². The average Bonchev–Trinajstić information content (AvgIpc) is 2.53. The highest BCUT2D eigenvalue weighted by Crippen LogP contribution is 1.91. The number of nitrogens with one attached hydrogen (secondary N) is 4. The number of quaternary nitrogens is 1. The molecule has 0 aliphatic heterocycles. The molecule has 0 rings (SSSR count). The molecule has 0 heterocycles. The van der Waals surface area contributed by atoms with Gasteiger partial charge in [-0.25, -0.2) is 0 Å². The largest absolute Gasteiger partial charge is 0.377 e. The van der Waals surface area contributed by atoms with Gasteiger partial charge in [-0.3, -0.25) is 26.1 Å². The van der Waals surface area contributed by atoms with Gasteiger partial charge in [-0.1, -0.05) is 0 Å². The van der Waals surface area contributed by atoms with Crippen molar-refractivity contribution < 1.29 is 29.7 Å². The Hall–Kier alpha value is -2.49. The topological polar surface area (TPSA) is 161 Å². The quantitative estimate of drug-likeness (QED) is 0.210. The maximum atomic E-state index is 11.9. The van der Waals surface area contributed by atoms with E-state index >= 15 is 0 Å². The van der Waals surface area contributed by atoms with Gasteiger partial charge in [-0.05, 0) is 24.2 Å². The first-order valence-electron chi connectivity index (χ1n) is 7.14. The summed E-state index contributed by atoms with van der Waals surface area (Å²) in [5, 5.41) is 8.85. The van der Waals surface area contributed by atoms with Gasteiger partial charge in [-0.2, -0.15) is 0 Å². The van der Waals surface area contributed by atoms with Gasteiger partial charge in [-0.15, -0.1) is 0 Å². The first kappa shape index (κ1) is 22.5. The molecule has 0 aromatic heterocycles. The maximum Gasteiger partial charge on any atom is 0.243 e. The monoisotopic (exact) mass is 353 g/mol. The van der Waals surface area contributed by atoms with Crippen LogP contribution in [0.3, 0.4) is 0 Å². The molecule has 4 amide bonds. The standard InChI is InChI=1S/C15H22N5O5/c1-7(6-21)17-13(23)9(3)19-15(25)11(5)20-14(24)10(4)18-12(22)8(2)16/h6-11H,1-5,16H2,(H,17,23)(H,18,22)(H,19,25)(H,20,24)/q-5/p+1/t7-,8-,9-,10-,11-/m0/s1. The lowest BCUT2D eigenvalue weighted by Crippen LogP contribution is -2.67. The molecule has 0 unspecified atom stereocenters. The third-order valence-corrected chi connectivity index (χ3v) is 2.76. The van der Waals surface area contributed by atoms with Crippen LogP contribution in [0.4, 0.5) is 0 Å². The lowest BCUT2D eigenvalue weighted by molar-refractivity contribution is -0.389. The summed E-state index contributed by atoms with van der Waals surface area (Å²) in [6.45, 7) is 17.0. The highest BCUT2D eigenvalue weighted by Gasteiger charge is 2.17. The summed E-state index contributed by atoms with van der Waals surface area (Å²) in [5.41, 5.74) is 3.39. The lowest BCUT2D eigenvalue weighted by atomic mass is 10.2. The van der Waals surface area contributed by atoms with Crippen molar-refractivity contribution in [2.75, 3.05) is 0 Å². The van der Waals surface area contributed by atoms with E-state index in [0.717, 1.165) is 0 Å². The Morgan fingerprint density at radius 2 is 1.00 bits per heavy atom. The summed E-state index contributed by atoms with van der Waals surface area (Å²) in [4.78, 5) is 57.1. The number of aldehydes is 1. The van der Waals surface area contributed by atoms with Gasteiger partial charge in [0.05, 0.1) is 0 Å². The number of rotatable bonds is 9. The van der Waals surface area contributed by atoms with Crippen LogP contribution in [0, 0.1) is 34.6 Å². The Kier molecular flexibility index (Phi) is 9.36. The Morgan fingerprint density at radius 1 is 0.680 bits per heavy atom. The third-order valence-electron chi connectivity index (χ3n) is 2.76. The van der Waals surface area contributed by atoms with Crippen LogP contribution in [0.1, 0.15) is 0 Å². The third kappa shape index (κ3) is 8.25. The molecule has 0 aromatic rings. The van der Waals surface area contributed by atoms with E-state index < -0.39 is 53.8 Å². The molecule has 0 saturated carbocycles. The lowest BCUT2D eigenvalue weighted by Gasteiger charge is -2.29. The van der Waals surface area contributed by atoms with E-state index in [2.05, 4.69) is 61.6 Å². The zero-order valence-electron chi connectivity index (χ0n) is 13.7. The van der Waals surface area contributed by atoms with Gasteiger partial charge in [0, 0.05) is 6.04 Å². The molecule has 5 atom stereocenters. The van der Waals surface area contributed by atoms with Crippen molar-refractivity contribution in [3.63, 3.8) is 0 Å². The fourth-order valence-electron chi connectivity index (χ4n) is 1.35. The maximum absolute atomic E-state index is 11.9. The second-order valence-electron chi connectivity index (χ2n) is 5.13. The fraction of sp³-hybridized carbons (Fsp3) is 0.333. The molecule has 0 saturated heterocycles. The molecule has 0 bridgehead atoms. The number of hydrogen-bond donors (Lipinski definition) is 5. The average molecular weight is 353 g/mol. The van der Waals surface area contributed by atoms with Crippen LogP contribution in [0.2, 0.25) is 0 Å². The van der Waals surface area contributed by atoms with Crippen molar-refractivity contribution >= 4 is 29.9 Å². The molecule has 0 aromatic carbocycles. The summed E-state index contributed by atoms with van der Waals surface area (Å²) >= 11 is 0. The van der Waals surface area contributed by atoms with Crippen molar-refractivity contribution in [3.05, 3.63) is 34.6 Å². The van der Waals surface area contributed by atoms with Crippen molar-refractivity contribution in [2.45, 2.75) is 30.2 Å². The van der Waals surface area contributed by atoms with Gasteiger partial charge >= 0.3 is 0 Å². The first-order valence-corrected chi connectivity index (χ1v) is 7.14. The molecule has 10 nitrogen and oxygen atoms in total. The highest BCUT2D eigenvalue weighted by atomic mass is 16.2. The first-order chi connectivity index (χ1) is 11.5. The zero-order chi connectivity index (χ0) is 19.7. The van der Waals surface area contributed by atoms with Gasteiger partial charge in [0.25, 0.3) is 0 Å². The molecule has 25 heavy (non-hydrogen) atoms. The normalized spacial score (nSPS) is 16.4. The molecule has 0 radical (unpaired) electrons. The van der Waals surface area contributed by atoms with Crippen LogP contribution in [0.25, 0.3) is 0 Å². The molecular weight excluding hydrogens is 330 g/mol. The summed E-state index contributed by atoms with van der Waals surface area (Å²) in [6.07, 6.45) is 0.404. The molecule has 0 aliphatic carbocycles. The minimum absolute atomic E-state index is 0.404. The van der Waals surface area contributed by atoms with E-state index in [4.69, 9.17) is 0 Å². The second kappa shape index (κ2) is 10.4. The predicted octanol–water partition coefficient (Wildman–Crippen LogP) is -4.09. The molecule has 0 spiro atoms. The summed E-state index contributed by atoms with van der Waals surface area (Å²) in [5.74, 6) is -2.90. The molecular formula is C15H23N5O5-4. The Labute approximate surface area is 146 Å². The minimum Gasteiger partial charge on any atom is -0.377 e. The molecule has 7 N–H and O–H groups in total. The molecule has 10 heteroatoms. The van der Waals surface area contributed by atoms with Crippen LogP contribution >= 0.6 is 0 Å². The smallest absolute Gasteiger partial charge is 0.243 e. The van der Waals surface area contributed by atoms with Crippen molar-refractivity contribution in [1.82, 2.24) is 21.3 Å². The number of carbonyl (C=O) groups is 5. The molecule has 0 fully saturated rings.